The Bertz CT molecular complexity index is 249. The Morgan fingerprint density at radius 2 is 1.69 bits per heavy atom. The predicted octanol–water partition coefficient (Wildman–Crippen LogP) is 1.93. The summed E-state index contributed by atoms with van der Waals surface area (Å²) in [6, 6.07) is 0. The highest BCUT2D eigenvalue weighted by molar-refractivity contribution is 5.95. The molecular formula is C12H21NO3. The molecule has 0 aromatic rings. The van der Waals surface area contributed by atoms with Gasteiger partial charge in [0.25, 0.3) is 0 Å². The van der Waals surface area contributed by atoms with Crippen molar-refractivity contribution in [1.82, 2.24) is 0 Å². The molecule has 0 aliphatic rings. The molecule has 0 saturated carbocycles. The third-order valence-corrected chi connectivity index (χ3v) is 2.14. The van der Waals surface area contributed by atoms with Gasteiger partial charge in [-0.3, -0.25) is 4.79 Å². The Balaban J connectivity index is 3.44. The van der Waals surface area contributed by atoms with Crippen LogP contribution in [0.4, 0.5) is 0 Å². The fourth-order valence-corrected chi connectivity index (χ4v) is 1.19. The molecule has 0 bridgehead atoms. The van der Waals surface area contributed by atoms with Crippen LogP contribution in [0.2, 0.25) is 0 Å². The highest BCUT2D eigenvalue weighted by Crippen LogP contribution is 2.06. The molecule has 4 nitrogen and oxygen atoms in total. The van der Waals surface area contributed by atoms with Gasteiger partial charge in [-0.2, -0.15) is 0 Å². The fourth-order valence-electron chi connectivity index (χ4n) is 1.19. The van der Waals surface area contributed by atoms with E-state index in [9.17, 15) is 9.59 Å². The molecule has 92 valence electrons. The van der Waals surface area contributed by atoms with E-state index in [1.54, 1.807) is 0 Å². The molecule has 0 aromatic heterocycles. The number of hydrogen-bond donors (Lipinski definition) is 1. The summed E-state index contributed by atoms with van der Waals surface area (Å²) in [7, 11) is 0. The number of carbonyl (C=O) groups excluding carboxylic acids is 2. The van der Waals surface area contributed by atoms with Crippen LogP contribution in [0.1, 0.15) is 45.4 Å². The summed E-state index contributed by atoms with van der Waals surface area (Å²) < 4.78 is 4.54. The van der Waals surface area contributed by atoms with Gasteiger partial charge in [0, 0.05) is 12.0 Å². The molecule has 16 heavy (non-hydrogen) atoms. The van der Waals surface area contributed by atoms with Crippen LogP contribution in [0, 0.1) is 0 Å². The Morgan fingerprint density at radius 3 is 2.25 bits per heavy atom. The van der Waals surface area contributed by atoms with Crippen molar-refractivity contribution in [2.45, 2.75) is 45.4 Å². The summed E-state index contributed by atoms with van der Waals surface area (Å²) in [6.07, 6.45) is 5.21. The number of nitrogens with two attached hydrogens (primary N) is 1. The zero-order chi connectivity index (χ0) is 12.4. The van der Waals surface area contributed by atoms with E-state index < -0.39 is 11.9 Å². The molecule has 0 unspecified atom stereocenters. The zero-order valence-electron chi connectivity index (χ0n) is 9.96. The predicted molar refractivity (Wildman–Crippen MR) is 62.7 cm³/mol. The van der Waals surface area contributed by atoms with Crippen molar-refractivity contribution in [1.29, 1.82) is 0 Å². The second-order valence-corrected chi connectivity index (χ2v) is 3.85. The van der Waals surface area contributed by atoms with Gasteiger partial charge >= 0.3 is 11.9 Å². The third kappa shape index (κ3) is 8.17. The molecule has 2 N–H and O–H groups in total. The van der Waals surface area contributed by atoms with Gasteiger partial charge in [-0.1, -0.05) is 25.8 Å². The Labute approximate surface area is 96.8 Å². The number of rotatable bonds is 8. The third-order valence-electron chi connectivity index (χ3n) is 2.14. The summed E-state index contributed by atoms with van der Waals surface area (Å²) in [5.41, 5.74) is 5.60. The van der Waals surface area contributed by atoms with Crippen molar-refractivity contribution in [3.63, 3.8) is 0 Å². The molecule has 0 radical (unpaired) electrons. The maximum Gasteiger partial charge on any atom is 0.340 e. The maximum absolute atomic E-state index is 11.1. The van der Waals surface area contributed by atoms with Crippen LogP contribution in [0.25, 0.3) is 0 Å². The molecule has 0 fully saturated rings. The SMILES string of the molecule is C=C(C)C(=O)OC(=O)CCCCCCCN. The van der Waals surface area contributed by atoms with Gasteiger partial charge in [0.2, 0.25) is 0 Å². The van der Waals surface area contributed by atoms with E-state index >= 15 is 0 Å². The molecule has 0 aliphatic carbocycles. The second kappa shape index (κ2) is 9.09. The fraction of sp³-hybridized carbons (Fsp3) is 0.667. The van der Waals surface area contributed by atoms with E-state index in [1.165, 1.54) is 6.92 Å². The summed E-state index contributed by atoms with van der Waals surface area (Å²) in [4.78, 5) is 22.1. The molecule has 0 spiro atoms. The lowest BCUT2D eigenvalue weighted by Crippen LogP contribution is -2.12. The normalized spacial score (nSPS) is 9.88. The average Bonchev–Trinajstić information content (AvgIpc) is 2.23. The van der Waals surface area contributed by atoms with Gasteiger partial charge in [-0.25, -0.2) is 4.79 Å². The molecule has 4 heteroatoms. The molecule has 0 aromatic carbocycles. The first kappa shape index (κ1) is 14.8. The van der Waals surface area contributed by atoms with Gasteiger partial charge in [0.05, 0.1) is 0 Å². The first-order chi connectivity index (χ1) is 7.57. The molecule has 0 rings (SSSR count). The topological polar surface area (TPSA) is 69.4 Å². The number of hydrogen-bond acceptors (Lipinski definition) is 4. The van der Waals surface area contributed by atoms with Gasteiger partial charge in [0.1, 0.15) is 0 Å². The van der Waals surface area contributed by atoms with Gasteiger partial charge in [-0.05, 0) is 26.3 Å². The van der Waals surface area contributed by atoms with Crippen LogP contribution in [-0.4, -0.2) is 18.5 Å². The first-order valence-corrected chi connectivity index (χ1v) is 5.68. The molecular weight excluding hydrogens is 206 g/mol. The lowest BCUT2D eigenvalue weighted by Gasteiger charge is -2.02. The standard InChI is InChI=1S/C12H21NO3/c1-10(2)12(15)16-11(14)8-6-4-3-5-7-9-13/h1,3-9,13H2,2H3. The number of unbranched alkanes of at least 4 members (excludes halogenated alkanes) is 4. The van der Waals surface area contributed by atoms with E-state index in [-0.39, 0.29) is 5.57 Å². The minimum absolute atomic E-state index is 0.247. The lowest BCUT2D eigenvalue weighted by molar-refractivity contribution is -0.156. The maximum atomic E-state index is 11.1. The number of ether oxygens (including phenoxy) is 1. The summed E-state index contributed by atoms with van der Waals surface area (Å²) in [6.45, 7) is 5.63. The molecule has 0 saturated heterocycles. The summed E-state index contributed by atoms with van der Waals surface area (Å²) >= 11 is 0. The molecule has 0 heterocycles. The van der Waals surface area contributed by atoms with Crippen LogP contribution < -0.4 is 5.73 Å². The van der Waals surface area contributed by atoms with E-state index in [1.807, 2.05) is 0 Å². The monoisotopic (exact) mass is 227 g/mol. The lowest BCUT2D eigenvalue weighted by atomic mass is 10.1. The van der Waals surface area contributed by atoms with Crippen LogP contribution in [-0.2, 0) is 14.3 Å². The minimum Gasteiger partial charge on any atom is -0.390 e. The Hall–Kier alpha value is -1.16. The van der Waals surface area contributed by atoms with Crippen molar-refractivity contribution < 1.29 is 14.3 Å². The number of esters is 2. The largest absolute Gasteiger partial charge is 0.390 e. The van der Waals surface area contributed by atoms with Gasteiger partial charge < -0.3 is 10.5 Å². The average molecular weight is 227 g/mol. The van der Waals surface area contributed by atoms with Crippen molar-refractivity contribution >= 4 is 11.9 Å². The van der Waals surface area contributed by atoms with Crippen LogP contribution in [0.3, 0.4) is 0 Å². The van der Waals surface area contributed by atoms with Crippen LogP contribution in [0.5, 0.6) is 0 Å². The number of carbonyl (C=O) groups is 2. The second-order valence-electron chi connectivity index (χ2n) is 3.85. The van der Waals surface area contributed by atoms with E-state index in [2.05, 4.69) is 11.3 Å². The van der Waals surface area contributed by atoms with E-state index in [0.29, 0.717) is 6.42 Å². The molecule has 0 aliphatic heterocycles. The van der Waals surface area contributed by atoms with E-state index in [4.69, 9.17) is 5.73 Å². The van der Waals surface area contributed by atoms with Crippen molar-refractivity contribution in [2.75, 3.05) is 6.54 Å². The van der Waals surface area contributed by atoms with Gasteiger partial charge in [0.15, 0.2) is 0 Å². The van der Waals surface area contributed by atoms with Gasteiger partial charge in [-0.15, -0.1) is 0 Å². The smallest absolute Gasteiger partial charge is 0.340 e. The minimum atomic E-state index is -0.631. The summed E-state index contributed by atoms with van der Waals surface area (Å²) in [5, 5.41) is 0. The molecule has 0 atom stereocenters. The van der Waals surface area contributed by atoms with Crippen LogP contribution in [0.15, 0.2) is 12.2 Å². The van der Waals surface area contributed by atoms with Crippen molar-refractivity contribution in [3.05, 3.63) is 12.2 Å². The highest BCUT2D eigenvalue weighted by Gasteiger charge is 2.09. The van der Waals surface area contributed by atoms with Crippen molar-refractivity contribution in [3.8, 4) is 0 Å². The highest BCUT2D eigenvalue weighted by atomic mass is 16.6. The Morgan fingerprint density at radius 1 is 1.12 bits per heavy atom. The molecule has 0 amide bonds. The first-order valence-electron chi connectivity index (χ1n) is 5.68. The van der Waals surface area contributed by atoms with E-state index in [0.717, 1.165) is 38.6 Å². The van der Waals surface area contributed by atoms with Crippen molar-refractivity contribution in [2.24, 2.45) is 5.73 Å². The quantitative estimate of drug-likeness (QED) is 0.298. The van der Waals surface area contributed by atoms with Crippen LogP contribution >= 0.6 is 0 Å². The zero-order valence-corrected chi connectivity index (χ0v) is 9.96. The summed E-state index contributed by atoms with van der Waals surface area (Å²) in [5.74, 6) is -1.10. The Kier molecular flexibility index (Phi) is 8.43.